The zero-order valence-electron chi connectivity index (χ0n) is 8.64. The third kappa shape index (κ3) is 2.03. The van der Waals surface area contributed by atoms with E-state index in [1.165, 1.54) is 19.2 Å². The maximum Gasteiger partial charge on any atom is 0.350 e. The quantitative estimate of drug-likeness (QED) is 0.714. The smallest absolute Gasteiger partial charge is 0.350 e. The molecule has 1 aromatic rings. The van der Waals surface area contributed by atoms with E-state index >= 15 is 0 Å². The van der Waals surface area contributed by atoms with Gasteiger partial charge in [0, 0.05) is 6.42 Å². The van der Waals surface area contributed by atoms with Gasteiger partial charge in [0.1, 0.15) is 5.82 Å². The topological polar surface area (TPSA) is 47.9 Å². The molecule has 16 heavy (non-hydrogen) atoms. The molecule has 0 saturated heterocycles. The summed E-state index contributed by atoms with van der Waals surface area (Å²) < 4.78 is 17.2. The maximum absolute atomic E-state index is 12.7. The van der Waals surface area contributed by atoms with Crippen molar-refractivity contribution in [1.29, 1.82) is 0 Å². The van der Waals surface area contributed by atoms with Crippen LogP contribution >= 0.6 is 0 Å². The lowest BCUT2D eigenvalue weighted by Gasteiger charge is -2.04. The number of hydrogen-bond donors (Lipinski definition) is 0. The molecule has 84 valence electrons. The van der Waals surface area contributed by atoms with Crippen LogP contribution in [0.25, 0.3) is 0 Å². The molecule has 0 fully saturated rings. The number of hydrogen-bond acceptors (Lipinski definition) is 4. The number of ether oxygens (including phenoxy) is 1. The van der Waals surface area contributed by atoms with Gasteiger partial charge in [-0.1, -0.05) is 17.3 Å². The van der Waals surface area contributed by atoms with Crippen LogP contribution in [0.2, 0.25) is 0 Å². The van der Waals surface area contributed by atoms with Crippen LogP contribution in [0, 0.1) is 5.82 Å². The van der Waals surface area contributed by atoms with E-state index in [1.807, 2.05) is 0 Å². The van der Waals surface area contributed by atoms with Gasteiger partial charge in [-0.3, -0.25) is 0 Å². The molecule has 2 rings (SSSR count). The zero-order valence-corrected chi connectivity index (χ0v) is 8.64. The minimum atomic E-state index is -0.690. The molecule has 0 saturated carbocycles. The number of rotatable bonds is 2. The number of carbonyl (C=O) groups is 1. The van der Waals surface area contributed by atoms with Gasteiger partial charge in [0.05, 0.1) is 12.8 Å². The third-order valence-electron chi connectivity index (χ3n) is 2.31. The highest BCUT2D eigenvalue weighted by Gasteiger charge is 2.29. The number of oxime groups is 1. The molecule has 1 aromatic carbocycles. The Balaban J connectivity index is 2.08. The molecular weight excluding hydrogens is 213 g/mol. The van der Waals surface area contributed by atoms with Gasteiger partial charge in [-0.2, -0.15) is 0 Å². The molecule has 1 unspecified atom stereocenters. The van der Waals surface area contributed by atoms with Crippen LogP contribution in [-0.2, 0) is 14.4 Å². The van der Waals surface area contributed by atoms with Crippen molar-refractivity contribution in [3.05, 3.63) is 35.6 Å². The van der Waals surface area contributed by atoms with E-state index in [1.54, 1.807) is 12.1 Å². The van der Waals surface area contributed by atoms with Crippen LogP contribution < -0.4 is 0 Å². The van der Waals surface area contributed by atoms with Crippen molar-refractivity contribution >= 4 is 11.7 Å². The summed E-state index contributed by atoms with van der Waals surface area (Å²) in [6.45, 7) is 0. The minimum Gasteiger partial charge on any atom is -0.466 e. The van der Waals surface area contributed by atoms with Crippen LogP contribution in [0.1, 0.15) is 12.0 Å². The second-order valence-corrected chi connectivity index (χ2v) is 3.37. The van der Waals surface area contributed by atoms with E-state index in [9.17, 15) is 9.18 Å². The summed E-state index contributed by atoms with van der Waals surface area (Å²) in [6, 6.07) is 5.86. The Morgan fingerprint density at radius 3 is 2.81 bits per heavy atom. The van der Waals surface area contributed by atoms with Crippen LogP contribution in [0.5, 0.6) is 0 Å². The predicted octanol–water partition coefficient (Wildman–Crippen LogP) is 1.49. The van der Waals surface area contributed by atoms with Crippen molar-refractivity contribution in [1.82, 2.24) is 0 Å². The molecule has 0 aliphatic carbocycles. The average molecular weight is 223 g/mol. The summed E-state index contributed by atoms with van der Waals surface area (Å²) in [5.74, 6) is -0.770. The van der Waals surface area contributed by atoms with Crippen molar-refractivity contribution in [2.24, 2.45) is 5.16 Å². The van der Waals surface area contributed by atoms with E-state index in [0.29, 0.717) is 12.1 Å². The van der Waals surface area contributed by atoms with E-state index < -0.39 is 12.1 Å². The van der Waals surface area contributed by atoms with Crippen molar-refractivity contribution in [3.8, 4) is 0 Å². The Morgan fingerprint density at radius 1 is 1.50 bits per heavy atom. The van der Waals surface area contributed by atoms with Crippen molar-refractivity contribution in [3.63, 3.8) is 0 Å². The number of halogens is 1. The third-order valence-corrected chi connectivity index (χ3v) is 2.31. The van der Waals surface area contributed by atoms with E-state index in [2.05, 4.69) is 9.89 Å². The molecule has 1 aliphatic heterocycles. The van der Waals surface area contributed by atoms with Gasteiger partial charge in [0.15, 0.2) is 0 Å². The van der Waals surface area contributed by atoms with E-state index in [0.717, 1.165) is 5.56 Å². The highest BCUT2D eigenvalue weighted by molar-refractivity contribution is 6.03. The van der Waals surface area contributed by atoms with Crippen LogP contribution in [-0.4, -0.2) is 24.9 Å². The van der Waals surface area contributed by atoms with Gasteiger partial charge in [-0.25, -0.2) is 9.18 Å². The van der Waals surface area contributed by atoms with Gasteiger partial charge in [-0.05, 0) is 17.7 Å². The van der Waals surface area contributed by atoms with Crippen molar-refractivity contribution in [2.45, 2.75) is 12.5 Å². The highest BCUT2D eigenvalue weighted by Crippen LogP contribution is 2.17. The molecule has 1 aliphatic rings. The summed E-state index contributed by atoms with van der Waals surface area (Å²) in [5.41, 5.74) is 1.36. The van der Waals surface area contributed by atoms with E-state index in [4.69, 9.17) is 4.84 Å². The molecule has 1 atom stereocenters. The Bertz CT molecular complexity index is 427. The Kier molecular flexibility index (Phi) is 2.85. The van der Waals surface area contributed by atoms with E-state index in [-0.39, 0.29) is 5.82 Å². The average Bonchev–Trinajstić information content (AvgIpc) is 2.78. The largest absolute Gasteiger partial charge is 0.466 e. The Hall–Kier alpha value is -1.91. The number of carbonyl (C=O) groups excluding carboxylic acids is 1. The lowest BCUT2D eigenvalue weighted by atomic mass is 10.1. The molecule has 0 aromatic heterocycles. The Labute approximate surface area is 91.7 Å². The first-order valence-electron chi connectivity index (χ1n) is 4.77. The first kappa shape index (κ1) is 10.6. The van der Waals surface area contributed by atoms with Crippen LogP contribution in [0.15, 0.2) is 29.4 Å². The second-order valence-electron chi connectivity index (χ2n) is 3.37. The SMILES string of the molecule is COC(=O)C1CC(c2ccc(F)cc2)=NO1. The molecular formula is C11H10FNO3. The summed E-state index contributed by atoms with van der Waals surface area (Å²) >= 11 is 0. The lowest BCUT2D eigenvalue weighted by Crippen LogP contribution is -2.22. The number of nitrogens with zero attached hydrogens (tertiary/aromatic N) is 1. The molecule has 4 nitrogen and oxygen atoms in total. The first-order valence-corrected chi connectivity index (χ1v) is 4.77. The molecule has 0 amide bonds. The zero-order chi connectivity index (χ0) is 11.5. The number of benzene rings is 1. The fourth-order valence-electron chi connectivity index (χ4n) is 1.45. The minimum absolute atomic E-state index is 0.312. The lowest BCUT2D eigenvalue weighted by molar-refractivity contribution is -0.152. The summed E-state index contributed by atoms with van der Waals surface area (Å²) in [6.07, 6.45) is -0.344. The van der Waals surface area contributed by atoms with Crippen LogP contribution in [0.4, 0.5) is 4.39 Å². The molecule has 5 heteroatoms. The first-order chi connectivity index (χ1) is 7.70. The van der Waals surface area contributed by atoms with Crippen LogP contribution in [0.3, 0.4) is 0 Å². The second kappa shape index (κ2) is 4.30. The fraction of sp³-hybridized carbons (Fsp3) is 0.273. The summed E-state index contributed by atoms with van der Waals surface area (Å²) in [5, 5.41) is 3.78. The number of methoxy groups -OCH3 is 1. The van der Waals surface area contributed by atoms with Gasteiger partial charge in [0.2, 0.25) is 6.10 Å². The molecule has 0 radical (unpaired) electrons. The van der Waals surface area contributed by atoms with Crippen molar-refractivity contribution < 1.29 is 18.8 Å². The Morgan fingerprint density at radius 2 is 2.19 bits per heavy atom. The monoisotopic (exact) mass is 223 g/mol. The highest BCUT2D eigenvalue weighted by atomic mass is 19.1. The summed E-state index contributed by atoms with van der Waals surface area (Å²) in [7, 11) is 1.29. The van der Waals surface area contributed by atoms with Crippen molar-refractivity contribution in [2.75, 3.05) is 7.11 Å². The molecule has 0 bridgehead atoms. The van der Waals surface area contributed by atoms with Gasteiger partial charge < -0.3 is 9.57 Å². The fourth-order valence-corrected chi connectivity index (χ4v) is 1.45. The molecule has 0 N–H and O–H groups in total. The standard InChI is InChI=1S/C11H10FNO3/c1-15-11(14)10-6-9(13-16-10)7-2-4-8(12)5-3-7/h2-5,10H,6H2,1H3. The maximum atomic E-state index is 12.7. The molecule has 0 spiro atoms. The van der Waals surface area contributed by atoms with Gasteiger partial charge in [-0.15, -0.1) is 0 Å². The predicted molar refractivity (Wildman–Crippen MR) is 54.4 cm³/mol. The molecule has 1 heterocycles. The summed E-state index contributed by atoms with van der Waals surface area (Å²) in [4.78, 5) is 16.1. The van der Waals surface area contributed by atoms with Gasteiger partial charge >= 0.3 is 5.97 Å². The number of esters is 1. The van der Waals surface area contributed by atoms with Gasteiger partial charge in [0.25, 0.3) is 0 Å². The normalized spacial score (nSPS) is 18.9.